The van der Waals surface area contributed by atoms with Gasteiger partial charge in [-0.3, -0.25) is 0 Å². The van der Waals surface area contributed by atoms with Crippen LogP contribution in [0.15, 0.2) is 64.3 Å². The van der Waals surface area contributed by atoms with Crippen LogP contribution in [0.3, 0.4) is 0 Å². The number of hydrogen-bond acceptors (Lipinski definition) is 5. The van der Waals surface area contributed by atoms with Gasteiger partial charge in [-0.15, -0.1) is 0 Å². The molecule has 4 rings (SSSR count). The van der Waals surface area contributed by atoms with Crippen LogP contribution in [-0.4, -0.2) is 19.7 Å². The zero-order valence-corrected chi connectivity index (χ0v) is 12.4. The lowest BCUT2D eigenvalue weighted by Gasteiger charge is -2.03. The molecule has 0 fully saturated rings. The number of hydrogen-bond donors (Lipinski definition) is 0. The minimum absolute atomic E-state index is 0.552. The van der Waals surface area contributed by atoms with Crippen molar-refractivity contribution in [1.29, 1.82) is 0 Å². The zero-order valence-electron chi connectivity index (χ0n) is 11.6. The molecular formula is C16H12N4OS. The second-order valence-corrected chi connectivity index (χ2v) is 5.65. The van der Waals surface area contributed by atoms with Crippen LogP contribution in [0.4, 0.5) is 0 Å². The molecule has 0 spiro atoms. The molecule has 0 aliphatic carbocycles. The van der Waals surface area contributed by atoms with E-state index in [-0.39, 0.29) is 0 Å². The van der Waals surface area contributed by atoms with E-state index in [1.165, 1.54) is 0 Å². The summed E-state index contributed by atoms with van der Waals surface area (Å²) in [6.07, 6.45) is 5.52. The topological polar surface area (TPSA) is 56.7 Å². The molecule has 0 aliphatic rings. The number of rotatable bonds is 4. The molecule has 0 amide bonds. The lowest BCUT2D eigenvalue weighted by molar-refractivity contribution is 0.432. The third kappa shape index (κ3) is 2.56. The maximum absolute atomic E-state index is 5.34. The number of benzene rings is 1. The molecule has 1 aromatic carbocycles. The van der Waals surface area contributed by atoms with Crippen LogP contribution in [0.1, 0.15) is 5.56 Å². The van der Waals surface area contributed by atoms with Gasteiger partial charge in [-0.2, -0.15) is 16.3 Å². The third-order valence-electron chi connectivity index (χ3n) is 3.30. The molecular weight excluding hydrogens is 296 g/mol. The Bertz CT molecular complexity index is 865. The van der Waals surface area contributed by atoms with E-state index in [9.17, 15) is 0 Å². The minimum atomic E-state index is 0.552. The average molecular weight is 308 g/mol. The van der Waals surface area contributed by atoms with Gasteiger partial charge in [-0.1, -0.05) is 23.4 Å². The Morgan fingerprint density at radius 1 is 1.18 bits per heavy atom. The summed E-state index contributed by atoms with van der Waals surface area (Å²) < 4.78 is 7.36. The van der Waals surface area contributed by atoms with Crippen molar-refractivity contribution in [2.45, 2.75) is 6.54 Å². The molecule has 0 bridgehead atoms. The summed E-state index contributed by atoms with van der Waals surface area (Å²) in [6.45, 7) is 0.767. The van der Waals surface area contributed by atoms with Crippen LogP contribution in [-0.2, 0) is 6.54 Å². The monoisotopic (exact) mass is 308 g/mol. The van der Waals surface area contributed by atoms with Crippen molar-refractivity contribution in [3.05, 3.63) is 65.4 Å². The molecule has 3 heterocycles. The Labute approximate surface area is 130 Å². The van der Waals surface area contributed by atoms with E-state index >= 15 is 0 Å². The van der Waals surface area contributed by atoms with Gasteiger partial charge < -0.3 is 9.09 Å². The fraction of sp³-hybridized carbons (Fsp3) is 0.0625. The van der Waals surface area contributed by atoms with Gasteiger partial charge in [-0.05, 0) is 23.1 Å². The van der Waals surface area contributed by atoms with E-state index in [1.54, 1.807) is 23.9 Å². The van der Waals surface area contributed by atoms with E-state index in [2.05, 4.69) is 27.3 Å². The van der Waals surface area contributed by atoms with Gasteiger partial charge in [0.15, 0.2) is 0 Å². The Kier molecular flexibility index (Phi) is 3.29. The van der Waals surface area contributed by atoms with Gasteiger partial charge in [0.05, 0.1) is 11.9 Å². The predicted molar refractivity (Wildman–Crippen MR) is 84.4 cm³/mol. The standard InChI is InChI=1S/C16H12N4OS/c1-2-12(9-20-6-5-17-11-20)8-13(3-1)15-18-16(21-19-15)14-4-7-22-10-14/h1-8,10-11H,9H2. The quantitative estimate of drug-likeness (QED) is 0.576. The Morgan fingerprint density at radius 3 is 3.00 bits per heavy atom. The van der Waals surface area contributed by atoms with Gasteiger partial charge in [-0.25, -0.2) is 4.98 Å². The molecule has 4 aromatic rings. The first-order valence-corrected chi connectivity index (χ1v) is 7.74. The molecule has 3 aromatic heterocycles. The van der Waals surface area contributed by atoms with Crippen molar-refractivity contribution >= 4 is 11.3 Å². The van der Waals surface area contributed by atoms with Gasteiger partial charge in [0.2, 0.25) is 5.82 Å². The van der Waals surface area contributed by atoms with Crippen LogP contribution in [0.5, 0.6) is 0 Å². The van der Waals surface area contributed by atoms with E-state index in [4.69, 9.17) is 4.52 Å². The highest BCUT2D eigenvalue weighted by molar-refractivity contribution is 7.08. The molecule has 0 N–H and O–H groups in total. The van der Waals surface area contributed by atoms with Gasteiger partial charge in [0.1, 0.15) is 0 Å². The second-order valence-electron chi connectivity index (χ2n) is 4.87. The summed E-state index contributed by atoms with van der Waals surface area (Å²) >= 11 is 1.61. The first-order chi connectivity index (χ1) is 10.9. The van der Waals surface area contributed by atoms with Crippen LogP contribution in [0, 0.1) is 0 Å². The maximum Gasteiger partial charge on any atom is 0.259 e. The molecule has 0 saturated carbocycles. The van der Waals surface area contributed by atoms with E-state index in [0.717, 1.165) is 23.2 Å². The molecule has 5 nitrogen and oxygen atoms in total. The summed E-state index contributed by atoms with van der Waals surface area (Å²) in [6, 6.07) is 10.1. The molecule has 6 heteroatoms. The van der Waals surface area contributed by atoms with Crippen LogP contribution < -0.4 is 0 Å². The van der Waals surface area contributed by atoms with Crippen LogP contribution in [0.25, 0.3) is 22.8 Å². The fourth-order valence-electron chi connectivity index (χ4n) is 2.24. The molecule has 0 atom stereocenters. The van der Waals surface area contributed by atoms with Gasteiger partial charge in [0, 0.05) is 29.9 Å². The normalized spacial score (nSPS) is 10.9. The summed E-state index contributed by atoms with van der Waals surface area (Å²) in [5.41, 5.74) is 3.07. The zero-order chi connectivity index (χ0) is 14.8. The Morgan fingerprint density at radius 2 is 2.18 bits per heavy atom. The van der Waals surface area contributed by atoms with Crippen LogP contribution in [0.2, 0.25) is 0 Å². The summed E-state index contributed by atoms with van der Waals surface area (Å²) in [5.74, 6) is 1.16. The van der Waals surface area contributed by atoms with Gasteiger partial charge >= 0.3 is 0 Å². The SMILES string of the molecule is c1cc(Cn2ccnc2)cc(-c2noc(-c3ccsc3)n2)c1. The van der Waals surface area contributed by atoms with Crippen molar-refractivity contribution in [1.82, 2.24) is 19.7 Å². The lowest BCUT2D eigenvalue weighted by Crippen LogP contribution is -1.96. The van der Waals surface area contributed by atoms with E-state index < -0.39 is 0 Å². The predicted octanol–water partition coefficient (Wildman–Crippen LogP) is 3.71. The average Bonchev–Trinajstić information content (AvgIpc) is 3.29. The van der Waals surface area contributed by atoms with Crippen LogP contribution >= 0.6 is 11.3 Å². The van der Waals surface area contributed by atoms with Crippen molar-refractivity contribution in [2.24, 2.45) is 0 Å². The van der Waals surface area contributed by atoms with E-state index in [1.807, 2.05) is 39.7 Å². The minimum Gasteiger partial charge on any atom is -0.334 e. The Hall–Kier alpha value is -2.73. The Balaban J connectivity index is 1.62. The first kappa shape index (κ1) is 13.0. The van der Waals surface area contributed by atoms with Crippen molar-refractivity contribution in [3.63, 3.8) is 0 Å². The molecule has 22 heavy (non-hydrogen) atoms. The summed E-state index contributed by atoms with van der Waals surface area (Å²) in [5, 5.41) is 8.06. The highest BCUT2D eigenvalue weighted by atomic mass is 32.1. The second kappa shape index (κ2) is 5.57. The molecule has 0 radical (unpaired) electrons. The maximum atomic E-state index is 5.34. The summed E-state index contributed by atoms with van der Waals surface area (Å²) in [7, 11) is 0. The molecule has 0 aliphatic heterocycles. The highest BCUT2D eigenvalue weighted by Gasteiger charge is 2.11. The van der Waals surface area contributed by atoms with Crippen molar-refractivity contribution in [2.75, 3.05) is 0 Å². The third-order valence-corrected chi connectivity index (χ3v) is 3.99. The van der Waals surface area contributed by atoms with E-state index in [0.29, 0.717) is 11.7 Å². The molecule has 108 valence electrons. The fourth-order valence-corrected chi connectivity index (χ4v) is 2.87. The molecule has 0 unspecified atom stereocenters. The van der Waals surface area contributed by atoms with Crippen molar-refractivity contribution in [3.8, 4) is 22.8 Å². The highest BCUT2D eigenvalue weighted by Crippen LogP contribution is 2.24. The largest absolute Gasteiger partial charge is 0.334 e. The van der Waals surface area contributed by atoms with Crippen molar-refractivity contribution < 1.29 is 4.52 Å². The van der Waals surface area contributed by atoms with Gasteiger partial charge in [0.25, 0.3) is 5.89 Å². The number of nitrogens with zero attached hydrogens (tertiary/aromatic N) is 4. The number of imidazole rings is 1. The molecule has 0 saturated heterocycles. The summed E-state index contributed by atoms with van der Waals surface area (Å²) in [4.78, 5) is 8.53. The first-order valence-electron chi connectivity index (χ1n) is 6.80. The lowest BCUT2D eigenvalue weighted by atomic mass is 10.1. The smallest absolute Gasteiger partial charge is 0.259 e. The number of aromatic nitrogens is 4. The number of thiophene rings is 1.